The molecule has 4 heteroatoms. The van der Waals surface area contributed by atoms with Gasteiger partial charge in [-0.05, 0) is 38.1 Å². The van der Waals surface area contributed by atoms with Gasteiger partial charge in [-0.25, -0.2) is 0 Å². The summed E-state index contributed by atoms with van der Waals surface area (Å²) >= 11 is 0. The fourth-order valence-electron chi connectivity index (χ4n) is 3.13. The van der Waals surface area contributed by atoms with Gasteiger partial charge in [0.15, 0.2) is 0 Å². The number of aliphatic hydroxyl groups excluding tert-OH is 2. The highest BCUT2D eigenvalue weighted by Gasteiger charge is 2.35. The minimum Gasteiger partial charge on any atom is -0.396 e. The molecule has 0 amide bonds. The Bertz CT molecular complexity index is 229. The van der Waals surface area contributed by atoms with Crippen LogP contribution < -0.4 is 0 Å². The van der Waals surface area contributed by atoms with Gasteiger partial charge in [0.25, 0.3) is 0 Å². The Labute approximate surface area is 104 Å². The summed E-state index contributed by atoms with van der Waals surface area (Å²) in [7, 11) is 0. The number of nitrogens with zero attached hydrogens (tertiary/aromatic N) is 1. The van der Waals surface area contributed by atoms with Crippen molar-refractivity contribution in [2.45, 2.75) is 25.7 Å². The van der Waals surface area contributed by atoms with Crippen LogP contribution in [-0.4, -0.2) is 61.2 Å². The van der Waals surface area contributed by atoms with Gasteiger partial charge in [-0.2, -0.15) is 0 Å². The molecule has 0 aromatic heterocycles. The zero-order chi connectivity index (χ0) is 12.1. The molecule has 17 heavy (non-hydrogen) atoms. The van der Waals surface area contributed by atoms with Crippen LogP contribution >= 0.6 is 0 Å². The monoisotopic (exact) mass is 243 g/mol. The lowest BCUT2D eigenvalue weighted by Crippen LogP contribution is -2.48. The second-order valence-corrected chi connectivity index (χ2v) is 5.74. The normalized spacial score (nSPS) is 36.0. The number of hydrogen-bond donors (Lipinski definition) is 2. The van der Waals surface area contributed by atoms with Crippen molar-refractivity contribution in [3.8, 4) is 0 Å². The molecule has 2 aliphatic heterocycles. The van der Waals surface area contributed by atoms with Crippen LogP contribution in [0.1, 0.15) is 25.7 Å². The van der Waals surface area contributed by atoms with Gasteiger partial charge in [0.05, 0.1) is 13.2 Å². The summed E-state index contributed by atoms with van der Waals surface area (Å²) in [6.07, 6.45) is 4.41. The Morgan fingerprint density at radius 1 is 1.29 bits per heavy atom. The number of piperidine rings is 1. The standard InChI is InChI=1S/C13H25NO3/c15-8-12-3-1-5-14(7-12)9-13(10-16)4-2-6-17-11-13/h12,15-16H,1-11H2. The van der Waals surface area contributed by atoms with Gasteiger partial charge in [-0.1, -0.05) is 0 Å². The first kappa shape index (κ1) is 13.3. The SMILES string of the molecule is OCC1CCCN(CC2(CO)CCCOC2)C1. The van der Waals surface area contributed by atoms with E-state index in [9.17, 15) is 10.2 Å². The van der Waals surface area contributed by atoms with Crippen LogP contribution in [0.25, 0.3) is 0 Å². The topological polar surface area (TPSA) is 52.9 Å². The molecule has 0 spiro atoms. The molecule has 2 rings (SSSR count). The van der Waals surface area contributed by atoms with Crippen molar-refractivity contribution < 1.29 is 14.9 Å². The van der Waals surface area contributed by atoms with Crippen LogP contribution in [0.3, 0.4) is 0 Å². The molecule has 2 N–H and O–H groups in total. The quantitative estimate of drug-likeness (QED) is 0.754. The van der Waals surface area contributed by atoms with Gasteiger partial charge < -0.3 is 19.8 Å². The van der Waals surface area contributed by atoms with Crippen LogP contribution in [-0.2, 0) is 4.74 Å². The summed E-state index contributed by atoms with van der Waals surface area (Å²) in [6.45, 7) is 5.01. The van der Waals surface area contributed by atoms with E-state index < -0.39 is 0 Å². The zero-order valence-corrected chi connectivity index (χ0v) is 10.6. The van der Waals surface area contributed by atoms with Crippen LogP contribution in [0, 0.1) is 11.3 Å². The van der Waals surface area contributed by atoms with Gasteiger partial charge in [-0.15, -0.1) is 0 Å². The fraction of sp³-hybridized carbons (Fsp3) is 1.00. The molecule has 0 aromatic rings. The Morgan fingerprint density at radius 3 is 2.82 bits per heavy atom. The molecule has 2 fully saturated rings. The van der Waals surface area contributed by atoms with Gasteiger partial charge in [0.2, 0.25) is 0 Å². The van der Waals surface area contributed by atoms with E-state index in [1.54, 1.807) is 0 Å². The van der Waals surface area contributed by atoms with E-state index in [2.05, 4.69) is 4.90 Å². The van der Waals surface area contributed by atoms with Crippen molar-refractivity contribution in [3.63, 3.8) is 0 Å². The number of hydrogen-bond acceptors (Lipinski definition) is 4. The van der Waals surface area contributed by atoms with Gasteiger partial charge in [-0.3, -0.25) is 0 Å². The van der Waals surface area contributed by atoms with Gasteiger partial charge in [0.1, 0.15) is 0 Å². The van der Waals surface area contributed by atoms with Crippen molar-refractivity contribution in [1.29, 1.82) is 0 Å². The first-order valence-electron chi connectivity index (χ1n) is 6.80. The first-order chi connectivity index (χ1) is 8.28. The summed E-state index contributed by atoms with van der Waals surface area (Å²) in [5.41, 5.74) is -0.0599. The lowest BCUT2D eigenvalue weighted by molar-refractivity contribution is -0.0611. The van der Waals surface area contributed by atoms with Crippen LogP contribution in [0.15, 0.2) is 0 Å². The van der Waals surface area contributed by atoms with Crippen LogP contribution in [0.4, 0.5) is 0 Å². The van der Waals surface area contributed by atoms with Crippen LogP contribution in [0.5, 0.6) is 0 Å². The average molecular weight is 243 g/mol. The predicted octanol–water partition coefficient (Wildman–Crippen LogP) is 0.480. The minimum atomic E-state index is -0.0599. The summed E-state index contributed by atoms with van der Waals surface area (Å²) in [5, 5.41) is 18.9. The summed E-state index contributed by atoms with van der Waals surface area (Å²) < 4.78 is 5.54. The predicted molar refractivity (Wildman–Crippen MR) is 65.8 cm³/mol. The second kappa shape index (κ2) is 6.14. The zero-order valence-electron chi connectivity index (χ0n) is 10.6. The molecular formula is C13H25NO3. The van der Waals surface area contributed by atoms with E-state index in [4.69, 9.17) is 4.74 Å². The largest absolute Gasteiger partial charge is 0.396 e. The second-order valence-electron chi connectivity index (χ2n) is 5.74. The maximum absolute atomic E-state index is 9.64. The smallest absolute Gasteiger partial charge is 0.0556 e. The molecule has 0 radical (unpaired) electrons. The Balaban J connectivity index is 1.88. The number of aliphatic hydroxyl groups is 2. The molecular weight excluding hydrogens is 218 g/mol. The lowest BCUT2D eigenvalue weighted by atomic mass is 9.82. The highest BCUT2D eigenvalue weighted by atomic mass is 16.5. The van der Waals surface area contributed by atoms with Crippen molar-refractivity contribution in [1.82, 2.24) is 4.90 Å². The van der Waals surface area contributed by atoms with Crippen molar-refractivity contribution in [2.75, 3.05) is 46.1 Å². The number of rotatable bonds is 4. The van der Waals surface area contributed by atoms with E-state index in [1.165, 1.54) is 0 Å². The summed E-state index contributed by atoms with van der Waals surface area (Å²) in [5.74, 6) is 0.420. The lowest BCUT2D eigenvalue weighted by Gasteiger charge is -2.42. The summed E-state index contributed by atoms with van der Waals surface area (Å²) in [4.78, 5) is 2.40. The molecule has 2 saturated heterocycles. The van der Waals surface area contributed by atoms with E-state index in [-0.39, 0.29) is 12.0 Å². The Kier molecular flexibility index (Phi) is 4.79. The molecule has 2 heterocycles. The maximum Gasteiger partial charge on any atom is 0.0556 e. The van der Waals surface area contributed by atoms with Gasteiger partial charge >= 0.3 is 0 Å². The van der Waals surface area contributed by atoms with E-state index >= 15 is 0 Å². The Morgan fingerprint density at radius 2 is 2.18 bits per heavy atom. The van der Waals surface area contributed by atoms with Crippen LogP contribution in [0.2, 0.25) is 0 Å². The molecule has 0 aromatic carbocycles. The third kappa shape index (κ3) is 3.41. The molecule has 2 aliphatic rings. The van der Waals surface area contributed by atoms with E-state index in [0.717, 1.165) is 51.9 Å². The fourth-order valence-corrected chi connectivity index (χ4v) is 3.13. The average Bonchev–Trinajstić information content (AvgIpc) is 2.40. The highest BCUT2D eigenvalue weighted by molar-refractivity contribution is 4.86. The van der Waals surface area contributed by atoms with E-state index in [1.807, 2.05) is 0 Å². The van der Waals surface area contributed by atoms with Crippen molar-refractivity contribution in [2.24, 2.45) is 11.3 Å². The first-order valence-corrected chi connectivity index (χ1v) is 6.80. The Hall–Kier alpha value is -0.160. The molecule has 100 valence electrons. The number of ether oxygens (including phenoxy) is 1. The molecule has 4 nitrogen and oxygen atoms in total. The molecule has 2 atom stereocenters. The molecule has 2 unspecified atom stereocenters. The van der Waals surface area contributed by atoms with Crippen molar-refractivity contribution >= 4 is 0 Å². The van der Waals surface area contributed by atoms with E-state index in [0.29, 0.717) is 19.1 Å². The molecule has 0 bridgehead atoms. The third-order valence-corrected chi connectivity index (χ3v) is 4.16. The highest BCUT2D eigenvalue weighted by Crippen LogP contribution is 2.30. The van der Waals surface area contributed by atoms with Gasteiger partial charge in [0, 0.05) is 31.7 Å². The van der Waals surface area contributed by atoms with Crippen molar-refractivity contribution in [3.05, 3.63) is 0 Å². The maximum atomic E-state index is 9.64. The number of likely N-dealkylation sites (tertiary alicyclic amines) is 1. The third-order valence-electron chi connectivity index (χ3n) is 4.16. The summed E-state index contributed by atoms with van der Waals surface area (Å²) in [6, 6.07) is 0. The molecule has 0 aliphatic carbocycles. The molecule has 0 saturated carbocycles. The minimum absolute atomic E-state index is 0.0599.